The molecule has 0 bridgehead atoms. The van der Waals surface area contributed by atoms with Crippen molar-refractivity contribution in [2.75, 3.05) is 11.9 Å². The number of carbonyl (C=O) groups excluding carboxylic acids is 1. The lowest BCUT2D eigenvalue weighted by Crippen LogP contribution is -2.36. The minimum absolute atomic E-state index is 0.131. The Bertz CT molecular complexity index is 617. The molecule has 22 heavy (non-hydrogen) atoms. The largest absolute Gasteiger partial charge is 0.338 e. The summed E-state index contributed by atoms with van der Waals surface area (Å²) in [5.41, 5.74) is 1.95. The summed E-state index contributed by atoms with van der Waals surface area (Å²) in [6.07, 6.45) is 3.79. The smallest absolute Gasteiger partial charge is 0.240 e. The molecule has 2 rings (SSSR count). The highest BCUT2D eigenvalue weighted by atomic mass is 16.5. The number of nitrogens with zero attached hydrogens (tertiary/aromatic N) is 3. The van der Waals surface area contributed by atoms with Gasteiger partial charge in [0.25, 0.3) is 0 Å². The molecule has 0 aliphatic carbocycles. The lowest BCUT2D eigenvalue weighted by Gasteiger charge is -2.13. The second kappa shape index (κ2) is 7.22. The Morgan fingerprint density at radius 1 is 1.41 bits per heavy atom. The Morgan fingerprint density at radius 2 is 2.18 bits per heavy atom. The van der Waals surface area contributed by atoms with Crippen LogP contribution in [0.5, 0.6) is 0 Å². The molecule has 1 amide bonds. The first-order valence-corrected chi connectivity index (χ1v) is 7.43. The van der Waals surface area contributed by atoms with E-state index in [-0.39, 0.29) is 24.4 Å². The molecule has 0 saturated heterocycles. The molecule has 2 aromatic heterocycles. The van der Waals surface area contributed by atoms with E-state index >= 15 is 0 Å². The number of rotatable bonds is 7. The van der Waals surface area contributed by atoms with Crippen molar-refractivity contribution in [2.45, 2.75) is 46.2 Å². The van der Waals surface area contributed by atoms with Gasteiger partial charge in [-0.3, -0.25) is 14.8 Å². The summed E-state index contributed by atoms with van der Waals surface area (Å²) in [7, 11) is 0. The summed E-state index contributed by atoms with van der Waals surface area (Å²) in [5, 5.41) is 14.0. The zero-order chi connectivity index (χ0) is 16.1. The number of amides is 1. The van der Waals surface area contributed by atoms with Crippen molar-refractivity contribution in [2.24, 2.45) is 0 Å². The minimum Gasteiger partial charge on any atom is -0.338 e. The summed E-state index contributed by atoms with van der Waals surface area (Å²) < 4.78 is 6.94. The first-order chi connectivity index (χ1) is 10.4. The van der Waals surface area contributed by atoms with Gasteiger partial charge >= 0.3 is 0 Å². The molecule has 1 atom stereocenters. The number of hydrogen-bond donors (Lipinski definition) is 2. The molecule has 2 N–H and O–H groups in total. The van der Waals surface area contributed by atoms with Crippen LogP contribution in [0.15, 0.2) is 23.0 Å². The van der Waals surface area contributed by atoms with Crippen molar-refractivity contribution in [1.29, 1.82) is 0 Å². The van der Waals surface area contributed by atoms with Gasteiger partial charge in [0.05, 0.1) is 25.0 Å². The van der Waals surface area contributed by atoms with Gasteiger partial charge in [0.1, 0.15) is 0 Å². The van der Waals surface area contributed by atoms with Crippen molar-refractivity contribution in [3.63, 3.8) is 0 Å². The van der Waals surface area contributed by atoms with E-state index in [0.29, 0.717) is 12.4 Å². The molecule has 0 fully saturated rings. The Morgan fingerprint density at radius 3 is 2.77 bits per heavy atom. The molecule has 0 aliphatic heterocycles. The van der Waals surface area contributed by atoms with Crippen LogP contribution < -0.4 is 10.6 Å². The second-order valence-electron chi connectivity index (χ2n) is 5.84. The van der Waals surface area contributed by atoms with E-state index in [4.69, 9.17) is 4.52 Å². The van der Waals surface area contributed by atoms with E-state index in [0.717, 1.165) is 11.3 Å². The molecule has 0 aromatic carbocycles. The number of aryl methyl sites for hydroxylation is 1. The zero-order valence-corrected chi connectivity index (χ0v) is 13.5. The number of nitrogens with one attached hydrogen (secondary N) is 2. The molecule has 2 aromatic rings. The Balaban J connectivity index is 1.74. The van der Waals surface area contributed by atoms with Crippen molar-refractivity contribution < 1.29 is 9.32 Å². The first kappa shape index (κ1) is 16.2. The fraction of sp³-hybridized carbons (Fsp3) is 0.533. The van der Waals surface area contributed by atoms with Crippen molar-refractivity contribution >= 4 is 11.8 Å². The molecule has 7 nitrogen and oxygen atoms in total. The normalized spacial score (nSPS) is 12.6. The lowest BCUT2D eigenvalue weighted by atomic mass is 10.1. The van der Waals surface area contributed by atoms with E-state index in [1.54, 1.807) is 6.07 Å². The number of anilines is 1. The predicted octanol–water partition coefficient (Wildman–Crippen LogP) is 1.92. The minimum atomic E-state index is -0.157. The molecule has 0 saturated carbocycles. The first-order valence-electron chi connectivity index (χ1n) is 7.43. The van der Waals surface area contributed by atoms with Gasteiger partial charge in [-0.15, -0.1) is 0 Å². The molecule has 0 unspecified atom stereocenters. The molecule has 0 radical (unpaired) electrons. The van der Waals surface area contributed by atoms with Crippen molar-refractivity contribution in [3.05, 3.63) is 29.7 Å². The maximum Gasteiger partial charge on any atom is 0.240 e. The quantitative estimate of drug-likeness (QED) is 0.816. The second-order valence-corrected chi connectivity index (χ2v) is 5.84. The summed E-state index contributed by atoms with van der Waals surface area (Å²) in [6.45, 7) is 8.96. The van der Waals surface area contributed by atoms with Crippen LogP contribution in [0, 0.1) is 6.92 Å². The predicted molar refractivity (Wildman–Crippen MR) is 83.7 cm³/mol. The third-order valence-corrected chi connectivity index (χ3v) is 3.22. The Kier molecular flexibility index (Phi) is 5.32. The fourth-order valence-electron chi connectivity index (χ4n) is 1.98. The molecule has 0 aliphatic rings. The number of aromatic nitrogens is 3. The van der Waals surface area contributed by atoms with E-state index in [9.17, 15) is 4.79 Å². The van der Waals surface area contributed by atoms with Gasteiger partial charge in [0.15, 0.2) is 0 Å². The van der Waals surface area contributed by atoms with Crippen molar-refractivity contribution in [3.8, 4) is 0 Å². The highest BCUT2D eigenvalue weighted by molar-refractivity contribution is 5.90. The summed E-state index contributed by atoms with van der Waals surface area (Å²) in [6, 6.07) is 1.88. The molecule has 2 heterocycles. The van der Waals surface area contributed by atoms with Crippen LogP contribution in [-0.2, 0) is 11.3 Å². The number of hydrogen-bond acceptors (Lipinski definition) is 5. The van der Waals surface area contributed by atoms with Gasteiger partial charge in [-0.05, 0) is 25.3 Å². The van der Waals surface area contributed by atoms with Crippen molar-refractivity contribution in [1.82, 2.24) is 20.3 Å². The summed E-state index contributed by atoms with van der Waals surface area (Å²) in [4.78, 5) is 11.9. The van der Waals surface area contributed by atoms with Crippen LogP contribution in [0.2, 0.25) is 0 Å². The molecule has 120 valence electrons. The van der Waals surface area contributed by atoms with Crippen LogP contribution in [0.1, 0.15) is 37.9 Å². The molecule has 0 spiro atoms. The third kappa shape index (κ3) is 4.70. The van der Waals surface area contributed by atoms with Crippen LogP contribution >= 0.6 is 0 Å². The van der Waals surface area contributed by atoms with Crippen LogP contribution in [0.4, 0.5) is 5.88 Å². The van der Waals surface area contributed by atoms with E-state index < -0.39 is 0 Å². The van der Waals surface area contributed by atoms with Gasteiger partial charge in [0, 0.05) is 18.3 Å². The van der Waals surface area contributed by atoms with Crippen LogP contribution in [-0.4, -0.2) is 33.4 Å². The Labute approximate surface area is 130 Å². The monoisotopic (exact) mass is 305 g/mol. The van der Waals surface area contributed by atoms with E-state index in [2.05, 4.69) is 20.9 Å². The van der Waals surface area contributed by atoms with Gasteiger partial charge < -0.3 is 9.84 Å². The van der Waals surface area contributed by atoms with Gasteiger partial charge in [-0.2, -0.15) is 5.10 Å². The third-order valence-electron chi connectivity index (χ3n) is 3.22. The standard InChI is InChI=1S/C15H23N5O2/c1-10(2)13-5-15(22-19-13)18-14(21)7-16-12(4)9-20-8-11(3)6-17-20/h5-6,8,10,12,16H,7,9H2,1-4H3,(H,18,21)/t12-/m0/s1. The van der Waals surface area contributed by atoms with E-state index in [1.165, 1.54) is 0 Å². The maximum atomic E-state index is 11.9. The molecule has 7 heteroatoms. The number of carbonyl (C=O) groups is 1. The summed E-state index contributed by atoms with van der Waals surface area (Å²) >= 11 is 0. The zero-order valence-electron chi connectivity index (χ0n) is 13.5. The van der Waals surface area contributed by atoms with Gasteiger partial charge in [-0.25, -0.2) is 0 Å². The van der Waals surface area contributed by atoms with Gasteiger partial charge in [0.2, 0.25) is 11.8 Å². The fourth-order valence-corrected chi connectivity index (χ4v) is 1.98. The molecular weight excluding hydrogens is 282 g/mol. The average Bonchev–Trinajstić information content (AvgIpc) is 3.06. The Hall–Kier alpha value is -2.15. The highest BCUT2D eigenvalue weighted by Gasteiger charge is 2.11. The summed E-state index contributed by atoms with van der Waals surface area (Å²) in [5.74, 6) is 0.492. The maximum absolute atomic E-state index is 11.9. The SMILES string of the molecule is Cc1cnn(C[C@H](C)NCC(=O)Nc2cc(C(C)C)no2)c1. The molecular formula is C15H23N5O2. The van der Waals surface area contributed by atoms with E-state index in [1.807, 2.05) is 44.8 Å². The topological polar surface area (TPSA) is 85.0 Å². The average molecular weight is 305 g/mol. The van der Waals surface area contributed by atoms with Crippen LogP contribution in [0.25, 0.3) is 0 Å². The van der Waals surface area contributed by atoms with Gasteiger partial charge in [-0.1, -0.05) is 19.0 Å². The van der Waals surface area contributed by atoms with Crippen LogP contribution in [0.3, 0.4) is 0 Å². The highest BCUT2D eigenvalue weighted by Crippen LogP contribution is 2.17. The lowest BCUT2D eigenvalue weighted by molar-refractivity contribution is -0.115.